The largest absolute Gasteiger partial charge is 0.489 e. The zero-order chi connectivity index (χ0) is 42.1. The van der Waals surface area contributed by atoms with E-state index >= 15 is 0 Å². The Morgan fingerprint density at radius 3 is 2.37 bits per heavy atom. The number of carboxylic acids is 1. The number of carbonyl (C=O) groups excluding carboxylic acids is 2. The number of benzene rings is 4. The van der Waals surface area contributed by atoms with Crippen molar-refractivity contribution in [1.82, 2.24) is 15.2 Å². The van der Waals surface area contributed by atoms with E-state index in [4.69, 9.17) is 37.4 Å². The summed E-state index contributed by atoms with van der Waals surface area (Å²) in [6, 6.07) is 27.7. The third kappa shape index (κ3) is 8.84. The molecule has 13 heteroatoms. The number of carboxylic acid groups (broad SMARTS) is 1. The number of hydrogen-bond acceptors (Lipinski definition) is 8. The summed E-state index contributed by atoms with van der Waals surface area (Å²) in [5, 5.41) is 14.0. The van der Waals surface area contributed by atoms with Gasteiger partial charge in [-0.2, -0.15) is 0 Å². The van der Waals surface area contributed by atoms with Crippen molar-refractivity contribution in [2.75, 3.05) is 6.61 Å². The second kappa shape index (κ2) is 17.4. The first-order chi connectivity index (χ1) is 28.9. The number of nitrogens with one attached hydrogen (secondary N) is 1. The van der Waals surface area contributed by atoms with Crippen molar-refractivity contribution in [2.45, 2.75) is 65.0 Å². The lowest BCUT2D eigenvalue weighted by atomic mass is 9.91. The van der Waals surface area contributed by atoms with Crippen LogP contribution in [0.15, 0.2) is 103 Å². The maximum Gasteiger partial charge on any atom is 0.326 e. The summed E-state index contributed by atoms with van der Waals surface area (Å²) < 4.78 is 18.7. The fourth-order valence-corrected chi connectivity index (χ4v) is 8.65. The Labute approximate surface area is 361 Å². The van der Waals surface area contributed by atoms with Crippen LogP contribution in [-0.4, -0.2) is 51.5 Å². The molecule has 3 unspecified atom stereocenters. The van der Waals surface area contributed by atoms with Gasteiger partial charge in [0.15, 0.2) is 17.6 Å². The van der Waals surface area contributed by atoms with Gasteiger partial charge in [-0.25, -0.2) is 4.79 Å². The van der Waals surface area contributed by atoms with Crippen LogP contribution in [-0.2, 0) is 35.6 Å². The number of amides is 2. The number of rotatable bonds is 11. The summed E-state index contributed by atoms with van der Waals surface area (Å²) in [7, 11) is 0. The molecule has 4 aromatic carbocycles. The summed E-state index contributed by atoms with van der Waals surface area (Å²) in [4.78, 5) is 48.2. The number of fused-ring (bicyclic) bond motifs is 2. The van der Waals surface area contributed by atoms with Crippen molar-refractivity contribution in [3.8, 4) is 28.4 Å². The van der Waals surface area contributed by atoms with E-state index in [2.05, 4.69) is 10.3 Å². The topological polar surface area (TPSA) is 127 Å². The van der Waals surface area contributed by atoms with Crippen molar-refractivity contribution in [3.05, 3.63) is 162 Å². The second-order valence-corrected chi connectivity index (χ2v) is 17.1. The molecule has 0 fully saturated rings. The number of halogens is 2. The SMILES string of the molecule is Cc1ccc(C(=O)N2Cc3cc4c(cc3CC2C(=O)NC(Cc2ccc(-c3ccnc(C)c3C)cc2)C(=O)O)OCC(c2ccc(OCc3ccc(Cl)c(Cl)c3)cc2)O4)s1. The Bertz CT molecular complexity index is 2600. The molecule has 2 amide bonds. The summed E-state index contributed by atoms with van der Waals surface area (Å²) >= 11 is 13.5. The number of carbonyl (C=O) groups is 3. The summed E-state index contributed by atoms with van der Waals surface area (Å²) in [5.41, 5.74) is 8.20. The highest BCUT2D eigenvalue weighted by Crippen LogP contribution is 2.41. The molecule has 0 aliphatic carbocycles. The lowest BCUT2D eigenvalue weighted by Gasteiger charge is -2.37. The van der Waals surface area contributed by atoms with Crippen LogP contribution in [0, 0.1) is 20.8 Å². The first-order valence-corrected chi connectivity index (χ1v) is 21.0. The molecule has 6 aromatic rings. The number of aliphatic carboxylic acids is 1. The van der Waals surface area contributed by atoms with Gasteiger partial charge in [0.2, 0.25) is 5.91 Å². The van der Waals surface area contributed by atoms with E-state index < -0.39 is 30.1 Å². The molecule has 2 aliphatic rings. The quantitative estimate of drug-likeness (QED) is 0.132. The molecule has 0 radical (unpaired) electrons. The summed E-state index contributed by atoms with van der Waals surface area (Å²) in [6.45, 7) is 6.59. The van der Waals surface area contributed by atoms with E-state index in [1.165, 1.54) is 16.2 Å². The van der Waals surface area contributed by atoms with E-state index in [1.807, 2.05) is 99.6 Å². The smallest absolute Gasteiger partial charge is 0.326 e. The molecular formula is C47H41Cl2N3O7S. The molecule has 4 heterocycles. The number of ether oxygens (including phenoxy) is 3. The lowest BCUT2D eigenvalue weighted by Crippen LogP contribution is -2.55. The predicted molar refractivity (Wildman–Crippen MR) is 231 cm³/mol. The minimum absolute atomic E-state index is 0.0609. The first kappa shape index (κ1) is 40.9. The fraction of sp³-hybridized carbons (Fsp3) is 0.234. The van der Waals surface area contributed by atoms with Crippen molar-refractivity contribution in [2.24, 2.45) is 0 Å². The Morgan fingerprint density at radius 2 is 1.65 bits per heavy atom. The minimum atomic E-state index is -1.23. The van der Waals surface area contributed by atoms with Crippen LogP contribution in [0.25, 0.3) is 11.1 Å². The van der Waals surface area contributed by atoms with E-state index in [9.17, 15) is 19.5 Å². The van der Waals surface area contributed by atoms with Gasteiger partial charge in [0, 0.05) is 36.2 Å². The van der Waals surface area contributed by atoms with E-state index in [0.29, 0.717) is 38.8 Å². The number of nitrogens with zero attached hydrogens (tertiary/aromatic N) is 2. The van der Waals surface area contributed by atoms with E-state index in [1.54, 1.807) is 24.4 Å². The van der Waals surface area contributed by atoms with Gasteiger partial charge in [-0.15, -0.1) is 11.3 Å². The van der Waals surface area contributed by atoms with E-state index in [-0.39, 0.29) is 31.9 Å². The van der Waals surface area contributed by atoms with Crippen molar-refractivity contribution in [1.29, 1.82) is 0 Å². The predicted octanol–water partition coefficient (Wildman–Crippen LogP) is 9.51. The van der Waals surface area contributed by atoms with Crippen LogP contribution >= 0.6 is 34.5 Å². The second-order valence-electron chi connectivity index (χ2n) is 15.0. The number of aromatic nitrogens is 1. The van der Waals surface area contributed by atoms with Crippen LogP contribution in [0.3, 0.4) is 0 Å². The number of hydrogen-bond donors (Lipinski definition) is 2. The van der Waals surface area contributed by atoms with Crippen LogP contribution in [0.2, 0.25) is 10.0 Å². The molecule has 8 rings (SSSR count). The Hall–Kier alpha value is -5.88. The summed E-state index contributed by atoms with van der Waals surface area (Å²) in [5.74, 6) is -0.293. The van der Waals surface area contributed by atoms with Gasteiger partial charge < -0.3 is 29.5 Å². The number of aryl methyl sites for hydroxylation is 2. The van der Waals surface area contributed by atoms with Crippen molar-refractivity contribution < 1.29 is 33.7 Å². The zero-order valence-electron chi connectivity index (χ0n) is 33.0. The molecule has 10 nitrogen and oxygen atoms in total. The average molecular weight is 863 g/mol. The molecule has 60 heavy (non-hydrogen) atoms. The van der Waals surface area contributed by atoms with Crippen molar-refractivity contribution >= 4 is 52.3 Å². The molecule has 0 saturated heterocycles. The van der Waals surface area contributed by atoms with Gasteiger partial charge in [-0.1, -0.05) is 65.7 Å². The van der Waals surface area contributed by atoms with Crippen LogP contribution in [0.1, 0.15) is 59.7 Å². The standard InChI is InChI=1S/C47H41Cl2N3O7S/c1-26-4-15-44(60-26)46(54)52-23-34-22-42-41(58-25-43(59-42)32-10-12-35(13-11-32)57-24-30-7-14-37(48)38(49)18-30)21-33(34)20-40(52)45(53)51-39(47(55)56)19-29-5-8-31(9-6-29)36-16-17-50-28(3)27(36)2/h4-18,21-22,39-40,43H,19-20,23-25H2,1-3H3,(H,51,53)(H,55,56). The Morgan fingerprint density at radius 1 is 0.900 bits per heavy atom. The van der Waals surface area contributed by atoms with Gasteiger partial charge in [-0.05, 0) is 120 Å². The van der Waals surface area contributed by atoms with Gasteiger partial charge in [0.05, 0.1) is 14.9 Å². The Balaban J connectivity index is 0.980. The normalized spacial score (nSPS) is 16.1. The minimum Gasteiger partial charge on any atom is -0.489 e. The molecule has 2 N–H and O–H groups in total. The number of thiophene rings is 1. The van der Waals surface area contributed by atoms with Crippen LogP contribution < -0.4 is 19.5 Å². The van der Waals surface area contributed by atoms with Gasteiger partial charge in [-0.3, -0.25) is 14.6 Å². The molecular weight excluding hydrogens is 822 g/mol. The third-order valence-electron chi connectivity index (χ3n) is 11.0. The molecule has 3 atom stereocenters. The van der Waals surface area contributed by atoms with E-state index in [0.717, 1.165) is 55.1 Å². The van der Waals surface area contributed by atoms with Crippen LogP contribution in [0.4, 0.5) is 0 Å². The molecule has 2 aliphatic heterocycles. The highest BCUT2D eigenvalue weighted by molar-refractivity contribution is 7.13. The highest BCUT2D eigenvalue weighted by Gasteiger charge is 2.38. The number of pyridine rings is 1. The summed E-state index contributed by atoms with van der Waals surface area (Å²) in [6.07, 6.45) is 1.59. The molecule has 2 aromatic heterocycles. The third-order valence-corrected chi connectivity index (χ3v) is 12.7. The molecule has 306 valence electrons. The first-order valence-electron chi connectivity index (χ1n) is 19.4. The van der Waals surface area contributed by atoms with Crippen molar-refractivity contribution in [3.63, 3.8) is 0 Å². The molecule has 0 spiro atoms. The molecule has 0 saturated carbocycles. The maximum atomic E-state index is 14.2. The molecule has 0 bridgehead atoms. The monoisotopic (exact) mass is 861 g/mol. The maximum absolute atomic E-state index is 14.2. The van der Waals surface area contributed by atoms with Gasteiger partial charge in [0.1, 0.15) is 31.0 Å². The Kier molecular flexibility index (Phi) is 11.8. The zero-order valence-corrected chi connectivity index (χ0v) is 35.4. The lowest BCUT2D eigenvalue weighted by molar-refractivity contribution is -0.142. The average Bonchev–Trinajstić information content (AvgIpc) is 3.69. The van der Waals surface area contributed by atoms with Gasteiger partial charge in [0.25, 0.3) is 5.91 Å². The highest BCUT2D eigenvalue weighted by atomic mass is 35.5. The van der Waals surface area contributed by atoms with Crippen LogP contribution in [0.5, 0.6) is 17.2 Å². The fourth-order valence-electron chi connectivity index (χ4n) is 7.51. The van der Waals surface area contributed by atoms with Gasteiger partial charge >= 0.3 is 5.97 Å².